The van der Waals surface area contributed by atoms with Crippen molar-refractivity contribution in [2.75, 3.05) is 26.9 Å². The first kappa shape index (κ1) is 16.4. The maximum Gasteiger partial charge on any atom is 0.358 e. The second-order valence-electron chi connectivity index (χ2n) is 6.17. The van der Waals surface area contributed by atoms with E-state index >= 15 is 0 Å². The van der Waals surface area contributed by atoms with Crippen LogP contribution in [0.2, 0.25) is 0 Å². The third kappa shape index (κ3) is 2.98. The van der Waals surface area contributed by atoms with Gasteiger partial charge in [-0.15, -0.1) is 0 Å². The predicted octanol–water partition coefficient (Wildman–Crippen LogP) is 1.49. The molecule has 1 aromatic heterocycles. The summed E-state index contributed by atoms with van der Waals surface area (Å²) in [5, 5.41) is 4.27. The van der Waals surface area contributed by atoms with Crippen molar-refractivity contribution in [1.82, 2.24) is 14.7 Å². The zero-order valence-electron chi connectivity index (χ0n) is 14.4. The van der Waals surface area contributed by atoms with Gasteiger partial charge < -0.3 is 19.1 Å². The Labute approximate surface area is 150 Å². The molecule has 1 aromatic carbocycles. The van der Waals surface area contributed by atoms with Gasteiger partial charge in [-0.1, -0.05) is 0 Å². The largest absolute Gasteiger partial charge is 0.486 e. The van der Waals surface area contributed by atoms with Crippen LogP contribution < -0.4 is 9.47 Å². The lowest BCUT2D eigenvalue weighted by atomic mass is 10.1. The number of fused-ring (bicyclic) bond motifs is 2. The van der Waals surface area contributed by atoms with Crippen molar-refractivity contribution in [2.24, 2.45) is 0 Å². The van der Waals surface area contributed by atoms with Gasteiger partial charge in [0.25, 0.3) is 5.91 Å². The summed E-state index contributed by atoms with van der Waals surface area (Å²) in [5.41, 5.74) is 1.63. The van der Waals surface area contributed by atoms with Crippen molar-refractivity contribution in [2.45, 2.75) is 19.5 Å². The summed E-state index contributed by atoms with van der Waals surface area (Å²) in [6.07, 6.45) is 0.756. The number of hydrogen-bond acceptors (Lipinski definition) is 6. The first-order chi connectivity index (χ1) is 12.7. The molecular weight excluding hydrogens is 338 g/mol. The molecule has 0 bridgehead atoms. The van der Waals surface area contributed by atoms with E-state index in [9.17, 15) is 9.59 Å². The highest BCUT2D eigenvalue weighted by atomic mass is 16.6. The van der Waals surface area contributed by atoms with Crippen molar-refractivity contribution in [3.8, 4) is 11.5 Å². The molecule has 26 heavy (non-hydrogen) atoms. The van der Waals surface area contributed by atoms with Gasteiger partial charge in [0.2, 0.25) is 0 Å². The molecule has 0 atom stereocenters. The van der Waals surface area contributed by atoms with Crippen LogP contribution in [0.25, 0.3) is 0 Å². The number of benzene rings is 1. The van der Waals surface area contributed by atoms with Crippen LogP contribution in [0.1, 0.15) is 33.0 Å². The summed E-state index contributed by atoms with van der Waals surface area (Å²) in [6.45, 7) is 2.64. The third-order valence-corrected chi connectivity index (χ3v) is 4.48. The molecule has 2 aliphatic rings. The lowest BCUT2D eigenvalue weighted by Crippen LogP contribution is -2.30. The van der Waals surface area contributed by atoms with Crippen molar-refractivity contribution in [3.05, 3.63) is 41.2 Å². The summed E-state index contributed by atoms with van der Waals surface area (Å²) >= 11 is 0. The number of esters is 1. The van der Waals surface area contributed by atoms with Crippen molar-refractivity contribution in [3.63, 3.8) is 0 Å². The minimum Gasteiger partial charge on any atom is -0.486 e. The van der Waals surface area contributed by atoms with E-state index in [-0.39, 0.29) is 11.6 Å². The maximum atomic E-state index is 13.0. The van der Waals surface area contributed by atoms with Gasteiger partial charge >= 0.3 is 5.97 Å². The molecule has 0 saturated carbocycles. The van der Waals surface area contributed by atoms with Crippen LogP contribution >= 0.6 is 0 Å². The number of carbonyl (C=O) groups excluding carboxylic acids is 2. The van der Waals surface area contributed by atoms with E-state index in [1.165, 1.54) is 7.11 Å². The highest BCUT2D eigenvalue weighted by Crippen LogP contribution is 2.31. The average molecular weight is 357 g/mol. The van der Waals surface area contributed by atoms with Gasteiger partial charge in [-0.3, -0.25) is 9.48 Å². The summed E-state index contributed by atoms with van der Waals surface area (Å²) in [6, 6.07) is 6.91. The Balaban J connectivity index is 1.56. The fourth-order valence-corrected chi connectivity index (χ4v) is 3.20. The van der Waals surface area contributed by atoms with Gasteiger partial charge in [0.1, 0.15) is 13.2 Å². The minimum absolute atomic E-state index is 0.0868. The summed E-state index contributed by atoms with van der Waals surface area (Å²) in [4.78, 5) is 26.4. The van der Waals surface area contributed by atoms with Crippen LogP contribution in [0.15, 0.2) is 24.3 Å². The number of rotatable bonds is 2. The molecule has 0 saturated heterocycles. The predicted molar refractivity (Wildman–Crippen MR) is 90.4 cm³/mol. The normalized spacial score (nSPS) is 15.8. The molecule has 0 unspecified atom stereocenters. The first-order valence-corrected chi connectivity index (χ1v) is 8.49. The molecule has 2 aliphatic heterocycles. The second-order valence-corrected chi connectivity index (χ2v) is 6.17. The number of nitrogens with zero attached hydrogens (tertiary/aromatic N) is 3. The number of aromatic nitrogens is 2. The van der Waals surface area contributed by atoms with Crippen LogP contribution in [0.4, 0.5) is 0 Å². The van der Waals surface area contributed by atoms with Gasteiger partial charge in [-0.25, -0.2) is 4.79 Å². The molecule has 3 heterocycles. The second kappa shape index (κ2) is 6.70. The quantitative estimate of drug-likeness (QED) is 0.758. The minimum atomic E-state index is -0.477. The molecule has 0 N–H and O–H groups in total. The zero-order chi connectivity index (χ0) is 18.1. The number of amides is 1. The van der Waals surface area contributed by atoms with Gasteiger partial charge in [-0.05, 0) is 30.7 Å². The van der Waals surface area contributed by atoms with E-state index in [1.54, 1.807) is 33.8 Å². The molecule has 8 heteroatoms. The monoisotopic (exact) mass is 357 g/mol. The molecule has 0 spiro atoms. The van der Waals surface area contributed by atoms with E-state index in [0.29, 0.717) is 49.9 Å². The summed E-state index contributed by atoms with van der Waals surface area (Å²) < 4.78 is 17.6. The lowest BCUT2D eigenvalue weighted by Gasteiger charge is -2.22. The lowest BCUT2D eigenvalue weighted by molar-refractivity contribution is 0.0593. The standard InChI is InChI=1S/C18H19N3O5/c1-24-18(23)14-10-13-11-20(5-2-6-21(13)19-14)17(22)12-3-4-15-16(9-12)26-8-7-25-15/h3-4,9-10H,2,5-8,11H2,1H3. The fourth-order valence-electron chi connectivity index (χ4n) is 3.20. The molecule has 4 rings (SSSR count). The summed E-state index contributed by atoms with van der Waals surface area (Å²) in [5.74, 6) is 0.686. The van der Waals surface area contributed by atoms with E-state index in [1.807, 2.05) is 0 Å². The zero-order valence-corrected chi connectivity index (χ0v) is 14.4. The highest BCUT2D eigenvalue weighted by molar-refractivity contribution is 5.95. The summed E-state index contributed by atoms with van der Waals surface area (Å²) in [7, 11) is 1.32. The van der Waals surface area contributed by atoms with Gasteiger partial charge in [0.05, 0.1) is 19.3 Å². The smallest absolute Gasteiger partial charge is 0.358 e. The van der Waals surface area contributed by atoms with Gasteiger partial charge in [-0.2, -0.15) is 5.10 Å². The highest BCUT2D eigenvalue weighted by Gasteiger charge is 2.24. The number of hydrogen-bond donors (Lipinski definition) is 0. The molecular formula is C18H19N3O5. The van der Waals surface area contributed by atoms with Crippen LogP contribution in [0, 0.1) is 0 Å². The Hall–Kier alpha value is -3.03. The number of carbonyl (C=O) groups is 2. The Kier molecular flexibility index (Phi) is 4.24. The topological polar surface area (TPSA) is 82.9 Å². The van der Waals surface area contributed by atoms with Crippen molar-refractivity contribution >= 4 is 11.9 Å². The fraction of sp³-hybridized carbons (Fsp3) is 0.389. The van der Waals surface area contributed by atoms with Crippen LogP contribution in [-0.4, -0.2) is 53.4 Å². The van der Waals surface area contributed by atoms with Gasteiger partial charge in [0.15, 0.2) is 17.2 Å². The Morgan fingerprint density at radius 1 is 1.12 bits per heavy atom. The van der Waals surface area contributed by atoms with E-state index in [0.717, 1.165) is 12.1 Å². The average Bonchev–Trinajstić information content (AvgIpc) is 2.98. The molecule has 2 aromatic rings. The number of methoxy groups -OCH3 is 1. The number of aryl methyl sites for hydroxylation is 1. The Bertz CT molecular complexity index is 861. The van der Waals surface area contributed by atoms with Crippen LogP contribution in [0.3, 0.4) is 0 Å². The molecule has 8 nitrogen and oxygen atoms in total. The van der Waals surface area contributed by atoms with Crippen LogP contribution in [-0.2, 0) is 17.8 Å². The van der Waals surface area contributed by atoms with Gasteiger partial charge in [0, 0.05) is 18.7 Å². The van der Waals surface area contributed by atoms with Crippen LogP contribution in [0.5, 0.6) is 11.5 Å². The third-order valence-electron chi connectivity index (χ3n) is 4.48. The molecule has 1 amide bonds. The molecule has 0 radical (unpaired) electrons. The molecule has 0 aliphatic carbocycles. The van der Waals surface area contributed by atoms with Crippen molar-refractivity contribution in [1.29, 1.82) is 0 Å². The molecule has 136 valence electrons. The van der Waals surface area contributed by atoms with E-state index < -0.39 is 5.97 Å². The maximum absolute atomic E-state index is 13.0. The van der Waals surface area contributed by atoms with E-state index in [4.69, 9.17) is 14.2 Å². The number of ether oxygens (including phenoxy) is 3. The Morgan fingerprint density at radius 2 is 1.92 bits per heavy atom. The Morgan fingerprint density at radius 3 is 2.73 bits per heavy atom. The van der Waals surface area contributed by atoms with Crippen molar-refractivity contribution < 1.29 is 23.8 Å². The molecule has 0 fully saturated rings. The first-order valence-electron chi connectivity index (χ1n) is 8.49. The van der Waals surface area contributed by atoms with E-state index in [2.05, 4.69) is 5.10 Å². The SMILES string of the molecule is COC(=O)c1cc2n(n1)CCCN(C(=O)c1ccc3c(c1)OCCO3)C2.